The second-order valence-electron chi connectivity index (χ2n) is 6.50. The van der Waals surface area contributed by atoms with Gasteiger partial charge in [-0.3, -0.25) is 4.79 Å². The Morgan fingerprint density at radius 2 is 1.78 bits per heavy atom. The Bertz CT molecular complexity index is 375. The number of piperidine rings is 1. The highest BCUT2D eigenvalue weighted by Crippen LogP contribution is 2.18. The summed E-state index contributed by atoms with van der Waals surface area (Å²) in [5, 5.41) is 3.00. The van der Waals surface area contributed by atoms with E-state index in [0.29, 0.717) is 32.5 Å². The van der Waals surface area contributed by atoms with Crippen LogP contribution in [0.15, 0.2) is 0 Å². The molecule has 6 nitrogen and oxygen atoms in total. The SMILES string of the molecule is CCOC(=O)C1CCN(C(=O)NCCCCN2CCCC2)CC1. The van der Waals surface area contributed by atoms with Crippen LogP contribution in [0, 0.1) is 5.92 Å². The molecule has 2 heterocycles. The number of rotatable bonds is 7. The zero-order valence-corrected chi connectivity index (χ0v) is 14.4. The molecule has 0 atom stereocenters. The van der Waals surface area contributed by atoms with Crippen molar-refractivity contribution in [1.29, 1.82) is 0 Å². The molecule has 2 amide bonds. The molecule has 2 aliphatic heterocycles. The molecule has 0 radical (unpaired) electrons. The molecule has 1 N–H and O–H groups in total. The fourth-order valence-corrected chi connectivity index (χ4v) is 3.35. The molecule has 2 fully saturated rings. The molecule has 0 spiro atoms. The summed E-state index contributed by atoms with van der Waals surface area (Å²) in [5.74, 6) is -0.158. The summed E-state index contributed by atoms with van der Waals surface area (Å²) >= 11 is 0. The van der Waals surface area contributed by atoms with Crippen LogP contribution in [0.25, 0.3) is 0 Å². The first-order valence-electron chi connectivity index (χ1n) is 9.12. The van der Waals surface area contributed by atoms with Gasteiger partial charge in [0.2, 0.25) is 0 Å². The molecule has 0 aliphatic carbocycles. The Morgan fingerprint density at radius 1 is 1.09 bits per heavy atom. The van der Waals surface area contributed by atoms with Gasteiger partial charge in [-0.15, -0.1) is 0 Å². The van der Waals surface area contributed by atoms with Gasteiger partial charge in [-0.2, -0.15) is 0 Å². The Morgan fingerprint density at radius 3 is 2.43 bits per heavy atom. The maximum atomic E-state index is 12.1. The van der Waals surface area contributed by atoms with E-state index >= 15 is 0 Å². The van der Waals surface area contributed by atoms with Gasteiger partial charge in [-0.1, -0.05) is 0 Å². The van der Waals surface area contributed by atoms with Gasteiger partial charge in [0.05, 0.1) is 12.5 Å². The van der Waals surface area contributed by atoms with Gasteiger partial charge < -0.3 is 19.9 Å². The third-order valence-electron chi connectivity index (χ3n) is 4.78. The fourth-order valence-electron chi connectivity index (χ4n) is 3.35. The van der Waals surface area contributed by atoms with Crippen molar-refractivity contribution in [3.05, 3.63) is 0 Å². The van der Waals surface area contributed by atoms with Crippen molar-refractivity contribution in [3.8, 4) is 0 Å². The van der Waals surface area contributed by atoms with E-state index in [0.717, 1.165) is 25.9 Å². The maximum Gasteiger partial charge on any atom is 0.317 e. The smallest absolute Gasteiger partial charge is 0.317 e. The van der Waals surface area contributed by atoms with Crippen LogP contribution in [0.4, 0.5) is 4.79 Å². The van der Waals surface area contributed by atoms with E-state index in [1.165, 1.54) is 25.9 Å². The molecule has 2 rings (SSSR count). The van der Waals surface area contributed by atoms with Crippen LogP contribution in [0.5, 0.6) is 0 Å². The lowest BCUT2D eigenvalue weighted by Gasteiger charge is -2.30. The Balaban J connectivity index is 1.53. The lowest BCUT2D eigenvalue weighted by molar-refractivity contribution is -0.149. The van der Waals surface area contributed by atoms with Crippen molar-refractivity contribution < 1.29 is 14.3 Å². The van der Waals surface area contributed by atoms with Gasteiger partial charge in [0.15, 0.2) is 0 Å². The first-order valence-corrected chi connectivity index (χ1v) is 9.12. The van der Waals surface area contributed by atoms with E-state index in [-0.39, 0.29) is 17.9 Å². The van der Waals surface area contributed by atoms with Crippen molar-refractivity contribution >= 4 is 12.0 Å². The van der Waals surface area contributed by atoms with E-state index in [2.05, 4.69) is 10.2 Å². The lowest BCUT2D eigenvalue weighted by Crippen LogP contribution is -2.45. The van der Waals surface area contributed by atoms with Crippen molar-refractivity contribution in [1.82, 2.24) is 15.1 Å². The second-order valence-corrected chi connectivity index (χ2v) is 6.50. The number of carbonyl (C=O) groups is 2. The molecule has 0 aromatic rings. The maximum absolute atomic E-state index is 12.1. The van der Waals surface area contributed by atoms with E-state index in [4.69, 9.17) is 4.74 Å². The van der Waals surface area contributed by atoms with Crippen LogP contribution in [0.3, 0.4) is 0 Å². The monoisotopic (exact) mass is 325 g/mol. The first kappa shape index (κ1) is 18.0. The van der Waals surface area contributed by atoms with Crippen LogP contribution >= 0.6 is 0 Å². The predicted molar refractivity (Wildman–Crippen MR) is 89.2 cm³/mol. The minimum Gasteiger partial charge on any atom is -0.466 e. The van der Waals surface area contributed by atoms with Crippen LogP contribution in [0.1, 0.15) is 45.4 Å². The van der Waals surface area contributed by atoms with E-state index in [1.807, 2.05) is 11.8 Å². The molecule has 0 aromatic carbocycles. The van der Waals surface area contributed by atoms with Crippen molar-refractivity contribution in [2.24, 2.45) is 5.92 Å². The normalized spacial score (nSPS) is 19.8. The number of ether oxygens (including phenoxy) is 1. The molecule has 0 aromatic heterocycles. The lowest BCUT2D eigenvalue weighted by atomic mass is 9.97. The van der Waals surface area contributed by atoms with Gasteiger partial charge in [-0.25, -0.2) is 4.79 Å². The second kappa shape index (κ2) is 9.75. The molecule has 132 valence electrons. The Kier molecular flexibility index (Phi) is 7.65. The first-order chi connectivity index (χ1) is 11.2. The van der Waals surface area contributed by atoms with Crippen LogP contribution in [-0.2, 0) is 9.53 Å². The number of urea groups is 1. The molecule has 6 heteroatoms. The summed E-state index contributed by atoms with van der Waals surface area (Å²) in [5.41, 5.74) is 0. The van der Waals surface area contributed by atoms with Crippen LogP contribution in [-0.4, -0.2) is 67.7 Å². The molecule has 0 unspecified atom stereocenters. The van der Waals surface area contributed by atoms with Crippen molar-refractivity contribution in [2.75, 3.05) is 45.9 Å². The minimum absolute atomic E-state index is 0.00785. The van der Waals surface area contributed by atoms with Gasteiger partial charge in [-0.05, 0) is 65.1 Å². The Hall–Kier alpha value is -1.30. The van der Waals surface area contributed by atoms with Crippen molar-refractivity contribution in [3.63, 3.8) is 0 Å². The summed E-state index contributed by atoms with van der Waals surface area (Å²) in [6, 6.07) is 0.00785. The average Bonchev–Trinajstić information content (AvgIpc) is 3.08. The number of unbranched alkanes of at least 4 members (excludes halogenated alkanes) is 1. The number of hydrogen-bond donors (Lipinski definition) is 1. The summed E-state index contributed by atoms with van der Waals surface area (Å²) in [6.45, 7) is 7.90. The highest BCUT2D eigenvalue weighted by Gasteiger charge is 2.27. The highest BCUT2D eigenvalue weighted by atomic mass is 16.5. The molecular formula is C17H31N3O3. The number of amides is 2. The van der Waals surface area contributed by atoms with Crippen LogP contribution < -0.4 is 5.32 Å². The van der Waals surface area contributed by atoms with Gasteiger partial charge in [0, 0.05) is 19.6 Å². The summed E-state index contributed by atoms with van der Waals surface area (Å²) in [4.78, 5) is 28.1. The summed E-state index contributed by atoms with van der Waals surface area (Å²) in [6.07, 6.45) is 6.26. The van der Waals surface area contributed by atoms with Crippen molar-refractivity contribution in [2.45, 2.75) is 45.4 Å². The highest BCUT2D eigenvalue weighted by molar-refractivity contribution is 5.76. The Labute approximate surface area is 139 Å². The van der Waals surface area contributed by atoms with E-state index in [9.17, 15) is 9.59 Å². The van der Waals surface area contributed by atoms with Crippen LogP contribution in [0.2, 0.25) is 0 Å². The van der Waals surface area contributed by atoms with Gasteiger partial charge >= 0.3 is 12.0 Å². The standard InChI is InChI=1S/C17H31N3O3/c1-2-23-16(21)15-7-13-20(14-8-15)17(22)18-9-3-4-10-19-11-5-6-12-19/h15H,2-14H2,1H3,(H,18,22). The molecule has 2 saturated heterocycles. The molecular weight excluding hydrogens is 294 g/mol. The minimum atomic E-state index is -0.116. The van der Waals surface area contributed by atoms with Gasteiger partial charge in [0.25, 0.3) is 0 Å². The number of carbonyl (C=O) groups excluding carboxylic acids is 2. The predicted octanol–water partition coefficient (Wildman–Crippen LogP) is 1.85. The third kappa shape index (κ3) is 6.01. The molecule has 0 bridgehead atoms. The van der Waals surface area contributed by atoms with Gasteiger partial charge in [0.1, 0.15) is 0 Å². The topological polar surface area (TPSA) is 61.9 Å². The summed E-state index contributed by atoms with van der Waals surface area (Å²) in [7, 11) is 0. The zero-order valence-electron chi connectivity index (χ0n) is 14.4. The van der Waals surface area contributed by atoms with E-state index < -0.39 is 0 Å². The zero-order chi connectivity index (χ0) is 16.5. The average molecular weight is 325 g/mol. The number of hydrogen-bond acceptors (Lipinski definition) is 4. The fraction of sp³-hybridized carbons (Fsp3) is 0.882. The number of likely N-dealkylation sites (tertiary alicyclic amines) is 2. The quantitative estimate of drug-likeness (QED) is 0.573. The molecule has 0 saturated carbocycles. The largest absolute Gasteiger partial charge is 0.466 e. The third-order valence-corrected chi connectivity index (χ3v) is 4.78. The van der Waals surface area contributed by atoms with E-state index in [1.54, 1.807) is 0 Å². The summed E-state index contributed by atoms with van der Waals surface area (Å²) < 4.78 is 5.05. The molecule has 23 heavy (non-hydrogen) atoms. The molecule has 2 aliphatic rings. The number of nitrogens with zero attached hydrogens (tertiary/aromatic N) is 2. The number of nitrogens with one attached hydrogen (secondary N) is 1. The number of esters is 1.